The quantitative estimate of drug-likeness (QED) is 0.547. The number of carbonyl (C=O) groups excluding carboxylic acids is 3. The van der Waals surface area contributed by atoms with Crippen molar-refractivity contribution in [2.24, 2.45) is 0 Å². The summed E-state index contributed by atoms with van der Waals surface area (Å²) in [4.78, 5) is 43.0. The lowest BCUT2D eigenvalue weighted by Gasteiger charge is -2.34. The summed E-state index contributed by atoms with van der Waals surface area (Å²) in [6.07, 6.45) is 0. The number of fused-ring (bicyclic) bond motifs is 1. The van der Waals surface area contributed by atoms with Gasteiger partial charge in [-0.2, -0.15) is 5.10 Å². The van der Waals surface area contributed by atoms with Gasteiger partial charge in [-0.1, -0.05) is 24.3 Å². The van der Waals surface area contributed by atoms with Gasteiger partial charge in [0, 0.05) is 50.4 Å². The van der Waals surface area contributed by atoms with Crippen molar-refractivity contribution in [3.63, 3.8) is 0 Å². The SMILES string of the molecule is COc1cccc(NC(=O)CN(C)C(=O)CN2CCN(C(=O)c3n[nH]c4ccccc34)CC2)c1. The van der Waals surface area contributed by atoms with E-state index in [-0.39, 0.29) is 30.8 Å². The number of piperazine rings is 1. The first-order valence-electron chi connectivity index (χ1n) is 11.1. The number of nitrogens with zero attached hydrogens (tertiary/aromatic N) is 4. The van der Waals surface area contributed by atoms with Gasteiger partial charge < -0.3 is 19.9 Å². The monoisotopic (exact) mass is 464 g/mol. The number of hydrogen-bond donors (Lipinski definition) is 2. The summed E-state index contributed by atoms with van der Waals surface area (Å²) in [6, 6.07) is 14.6. The molecule has 10 nitrogen and oxygen atoms in total. The first kappa shape index (κ1) is 23.2. The number of hydrogen-bond acceptors (Lipinski definition) is 6. The first-order valence-corrected chi connectivity index (χ1v) is 11.1. The maximum absolute atomic E-state index is 12.9. The Morgan fingerprint density at radius 1 is 1.09 bits per heavy atom. The van der Waals surface area contributed by atoms with Gasteiger partial charge in [-0.25, -0.2) is 0 Å². The lowest BCUT2D eigenvalue weighted by molar-refractivity contribution is -0.134. The molecule has 1 saturated heterocycles. The van der Waals surface area contributed by atoms with Gasteiger partial charge in [-0.3, -0.25) is 24.4 Å². The van der Waals surface area contributed by atoms with Crippen LogP contribution < -0.4 is 10.1 Å². The fraction of sp³-hybridized carbons (Fsp3) is 0.333. The van der Waals surface area contributed by atoms with Crippen molar-refractivity contribution < 1.29 is 19.1 Å². The number of benzene rings is 2. The van der Waals surface area contributed by atoms with Crippen molar-refractivity contribution in [1.82, 2.24) is 24.9 Å². The van der Waals surface area contributed by atoms with Crippen molar-refractivity contribution >= 4 is 34.3 Å². The van der Waals surface area contributed by atoms with Gasteiger partial charge in [-0.15, -0.1) is 0 Å². The van der Waals surface area contributed by atoms with Gasteiger partial charge in [0.05, 0.1) is 25.7 Å². The molecule has 0 bridgehead atoms. The summed E-state index contributed by atoms with van der Waals surface area (Å²) in [7, 11) is 3.16. The van der Waals surface area contributed by atoms with E-state index in [2.05, 4.69) is 15.5 Å². The molecule has 0 atom stereocenters. The highest BCUT2D eigenvalue weighted by molar-refractivity contribution is 6.04. The Bertz CT molecular complexity index is 1180. The molecule has 34 heavy (non-hydrogen) atoms. The number of rotatable bonds is 7. The van der Waals surface area contributed by atoms with Crippen LogP contribution in [0.15, 0.2) is 48.5 Å². The van der Waals surface area contributed by atoms with E-state index in [1.54, 1.807) is 43.3 Å². The number of aromatic amines is 1. The number of anilines is 1. The predicted molar refractivity (Wildman–Crippen MR) is 128 cm³/mol. The molecule has 0 radical (unpaired) electrons. The standard InChI is InChI=1S/C24H28N6O4/c1-28(15-21(31)25-17-6-5-7-18(14-17)34-2)22(32)16-29-10-12-30(13-11-29)24(33)23-19-8-3-4-9-20(19)26-27-23/h3-9,14H,10-13,15-16H2,1-2H3,(H,25,31)(H,26,27). The van der Waals surface area contributed by atoms with Crippen molar-refractivity contribution in [2.75, 3.05) is 58.7 Å². The average molecular weight is 465 g/mol. The van der Waals surface area contributed by atoms with Gasteiger partial charge in [0.15, 0.2) is 5.69 Å². The highest BCUT2D eigenvalue weighted by Crippen LogP contribution is 2.18. The third kappa shape index (κ3) is 5.34. The zero-order valence-corrected chi connectivity index (χ0v) is 19.3. The van der Waals surface area contributed by atoms with Crippen molar-refractivity contribution in [3.05, 3.63) is 54.2 Å². The number of methoxy groups -OCH3 is 1. The van der Waals surface area contributed by atoms with Crippen LogP contribution in [-0.2, 0) is 9.59 Å². The molecule has 1 aliphatic heterocycles. The molecule has 0 unspecified atom stereocenters. The topological polar surface area (TPSA) is 111 Å². The van der Waals surface area contributed by atoms with Crippen LogP contribution >= 0.6 is 0 Å². The van der Waals surface area contributed by atoms with Crippen LogP contribution in [0.1, 0.15) is 10.5 Å². The molecule has 178 valence electrons. The Kier molecular flexibility index (Phi) is 7.07. The normalized spacial score (nSPS) is 14.1. The zero-order valence-electron chi connectivity index (χ0n) is 19.3. The number of ether oxygens (including phenoxy) is 1. The molecule has 3 aromatic rings. The summed E-state index contributed by atoms with van der Waals surface area (Å²) in [6.45, 7) is 2.30. The van der Waals surface area contributed by atoms with E-state index in [1.165, 1.54) is 4.90 Å². The summed E-state index contributed by atoms with van der Waals surface area (Å²) in [5, 5.41) is 10.7. The maximum Gasteiger partial charge on any atom is 0.275 e. The number of likely N-dealkylation sites (N-methyl/N-ethyl adjacent to an activating group) is 1. The fourth-order valence-electron chi connectivity index (χ4n) is 3.90. The molecule has 2 N–H and O–H groups in total. The van der Waals surface area contributed by atoms with E-state index < -0.39 is 0 Å². The minimum absolute atomic E-state index is 0.0548. The van der Waals surface area contributed by atoms with Crippen LogP contribution in [0.25, 0.3) is 10.9 Å². The molecule has 1 fully saturated rings. The highest BCUT2D eigenvalue weighted by Gasteiger charge is 2.26. The van der Waals surface area contributed by atoms with Crippen molar-refractivity contribution in [1.29, 1.82) is 0 Å². The maximum atomic E-state index is 12.9. The third-order valence-corrected chi connectivity index (χ3v) is 5.85. The molecule has 0 aliphatic carbocycles. The number of amides is 3. The molecule has 4 rings (SSSR count). The minimum Gasteiger partial charge on any atom is -0.497 e. The predicted octanol–water partition coefficient (Wildman–Crippen LogP) is 1.43. The van der Waals surface area contributed by atoms with Gasteiger partial charge in [0.2, 0.25) is 11.8 Å². The Balaban J connectivity index is 1.24. The Hall–Kier alpha value is -3.92. The number of H-pyrrole nitrogens is 1. The minimum atomic E-state index is -0.286. The third-order valence-electron chi connectivity index (χ3n) is 5.85. The van der Waals surface area contributed by atoms with E-state index >= 15 is 0 Å². The van der Waals surface area contributed by atoms with E-state index in [1.807, 2.05) is 29.2 Å². The van der Waals surface area contributed by atoms with Gasteiger partial charge in [0.25, 0.3) is 5.91 Å². The van der Waals surface area contributed by atoms with Gasteiger partial charge in [-0.05, 0) is 18.2 Å². The molecule has 0 spiro atoms. The summed E-state index contributed by atoms with van der Waals surface area (Å²) < 4.78 is 5.15. The number of para-hydroxylation sites is 1. The first-order chi connectivity index (χ1) is 16.4. The average Bonchev–Trinajstić information content (AvgIpc) is 3.28. The van der Waals surface area contributed by atoms with Crippen LogP contribution in [0.3, 0.4) is 0 Å². The lowest BCUT2D eigenvalue weighted by Crippen LogP contribution is -2.51. The van der Waals surface area contributed by atoms with E-state index in [4.69, 9.17) is 4.74 Å². The number of carbonyl (C=O) groups is 3. The Labute approximate surface area is 197 Å². The summed E-state index contributed by atoms with van der Waals surface area (Å²) in [5.41, 5.74) is 1.85. The second-order valence-corrected chi connectivity index (χ2v) is 8.22. The summed E-state index contributed by atoms with van der Waals surface area (Å²) >= 11 is 0. The second kappa shape index (κ2) is 10.3. The molecule has 10 heteroatoms. The van der Waals surface area contributed by atoms with Gasteiger partial charge >= 0.3 is 0 Å². The van der Waals surface area contributed by atoms with Crippen molar-refractivity contribution in [2.45, 2.75) is 0 Å². The molecule has 1 aromatic heterocycles. The summed E-state index contributed by atoms with van der Waals surface area (Å²) in [5.74, 6) is 0.0831. The Morgan fingerprint density at radius 2 is 1.85 bits per heavy atom. The number of nitrogens with one attached hydrogen (secondary N) is 2. The van der Waals surface area contributed by atoms with Crippen LogP contribution in [-0.4, -0.2) is 96.0 Å². The molecular weight excluding hydrogens is 436 g/mol. The highest BCUT2D eigenvalue weighted by atomic mass is 16.5. The molecule has 0 saturated carbocycles. The Morgan fingerprint density at radius 3 is 2.62 bits per heavy atom. The number of aromatic nitrogens is 2. The molecule has 1 aliphatic rings. The molecular formula is C24H28N6O4. The smallest absolute Gasteiger partial charge is 0.275 e. The molecule has 2 heterocycles. The van der Waals surface area contributed by atoms with E-state index in [0.717, 1.165) is 10.9 Å². The van der Waals surface area contributed by atoms with Gasteiger partial charge in [0.1, 0.15) is 5.75 Å². The zero-order chi connectivity index (χ0) is 24.1. The van der Waals surface area contributed by atoms with E-state index in [0.29, 0.717) is 43.3 Å². The van der Waals surface area contributed by atoms with Crippen molar-refractivity contribution in [3.8, 4) is 5.75 Å². The fourth-order valence-corrected chi connectivity index (χ4v) is 3.90. The van der Waals surface area contributed by atoms with Crippen LogP contribution in [0.4, 0.5) is 5.69 Å². The molecule has 2 aromatic carbocycles. The van der Waals surface area contributed by atoms with Crippen LogP contribution in [0, 0.1) is 0 Å². The van der Waals surface area contributed by atoms with Crippen LogP contribution in [0.5, 0.6) is 5.75 Å². The largest absolute Gasteiger partial charge is 0.497 e. The van der Waals surface area contributed by atoms with Crippen LogP contribution in [0.2, 0.25) is 0 Å². The second-order valence-electron chi connectivity index (χ2n) is 8.22. The molecule has 3 amide bonds. The lowest BCUT2D eigenvalue weighted by atomic mass is 10.2. The van der Waals surface area contributed by atoms with E-state index in [9.17, 15) is 14.4 Å².